The third-order valence-corrected chi connectivity index (χ3v) is 11.7. The molecular formula is C35H45Br2N5O4. The first kappa shape index (κ1) is 34.4. The standard InChI is InChI=1S/C34H41Br2N5O4.CH4/c35-28-7-6-23(20-29(28)36)21-31(32(42)39-16-10-25(11-17-39)24-8-14-37-15-9-24)45-34(44)40-18-12-27(13-19-40)41-22-30(38-33(41)43)26-4-2-1-3-5-26;/h1-7,20,22,24-25,27,31,37H,8-19,21H2,(H,38,43);1H4/t31-;/m1./s1. The Bertz CT molecular complexity index is 1520. The van der Waals surface area contributed by atoms with E-state index in [0.29, 0.717) is 51.4 Å². The molecule has 0 unspecified atom stereocenters. The van der Waals surface area contributed by atoms with Crippen molar-refractivity contribution in [3.8, 4) is 11.3 Å². The van der Waals surface area contributed by atoms with Crippen LogP contribution in [-0.2, 0) is 16.0 Å². The van der Waals surface area contributed by atoms with E-state index in [-0.39, 0.29) is 25.1 Å². The normalized spacial score (nSPS) is 19.0. The van der Waals surface area contributed by atoms with E-state index >= 15 is 0 Å². The van der Waals surface area contributed by atoms with Gasteiger partial charge in [0.05, 0.1) is 5.69 Å². The zero-order chi connectivity index (χ0) is 31.3. The third kappa shape index (κ3) is 8.15. The molecule has 4 heterocycles. The Morgan fingerprint density at radius 2 is 1.50 bits per heavy atom. The smallest absolute Gasteiger partial charge is 0.410 e. The van der Waals surface area contributed by atoms with Crippen molar-refractivity contribution in [2.75, 3.05) is 39.3 Å². The maximum Gasteiger partial charge on any atom is 0.410 e. The molecule has 3 saturated heterocycles. The number of halogens is 2. The molecule has 0 spiro atoms. The second kappa shape index (κ2) is 15.8. The van der Waals surface area contributed by atoms with Crippen molar-refractivity contribution in [3.05, 3.63) is 79.7 Å². The van der Waals surface area contributed by atoms with Crippen LogP contribution >= 0.6 is 31.9 Å². The fourth-order valence-corrected chi connectivity index (χ4v) is 7.81. The minimum Gasteiger partial charge on any atom is -0.436 e. The molecule has 11 heteroatoms. The number of piperidine rings is 3. The molecule has 1 aromatic heterocycles. The summed E-state index contributed by atoms with van der Waals surface area (Å²) in [5.74, 6) is 1.26. The fourth-order valence-electron chi connectivity index (χ4n) is 7.14. The summed E-state index contributed by atoms with van der Waals surface area (Å²) in [5.41, 5.74) is 2.51. The van der Waals surface area contributed by atoms with E-state index in [2.05, 4.69) is 42.2 Å². The largest absolute Gasteiger partial charge is 0.436 e. The number of carbonyl (C=O) groups excluding carboxylic acids is 2. The van der Waals surface area contributed by atoms with Gasteiger partial charge in [-0.2, -0.15) is 0 Å². The van der Waals surface area contributed by atoms with Gasteiger partial charge >= 0.3 is 11.8 Å². The number of carbonyl (C=O) groups is 2. The topological polar surface area (TPSA) is 99.7 Å². The summed E-state index contributed by atoms with van der Waals surface area (Å²) in [6.07, 6.45) is 6.48. The molecule has 0 saturated carbocycles. The third-order valence-electron chi connectivity index (χ3n) is 9.77. The Morgan fingerprint density at radius 3 is 2.17 bits per heavy atom. The van der Waals surface area contributed by atoms with Crippen molar-refractivity contribution >= 4 is 43.9 Å². The molecule has 1 atom stereocenters. The monoisotopic (exact) mass is 757 g/mol. The van der Waals surface area contributed by atoms with Crippen molar-refractivity contribution in [3.63, 3.8) is 0 Å². The van der Waals surface area contributed by atoms with Gasteiger partial charge in [0.2, 0.25) is 0 Å². The van der Waals surface area contributed by atoms with Crippen LogP contribution in [0.2, 0.25) is 0 Å². The van der Waals surface area contributed by atoms with Crippen LogP contribution in [0, 0.1) is 11.8 Å². The van der Waals surface area contributed by atoms with Gasteiger partial charge < -0.3 is 24.8 Å². The van der Waals surface area contributed by atoms with Crippen LogP contribution in [0.5, 0.6) is 0 Å². The van der Waals surface area contributed by atoms with E-state index in [9.17, 15) is 14.4 Å². The van der Waals surface area contributed by atoms with Crippen LogP contribution in [0.1, 0.15) is 57.6 Å². The molecule has 0 bridgehead atoms. The molecule has 248 valence electrons. The van der Waals surface area contributed by atoms with Gasteiger partial charge in [-0.1, -0.05) is 43.8 Å². The second-order valence-electron chi connectivity index (χ2n) is 12.5. The number of ether oxygens (including phenoxy) is 1. The van der Waals surface area contributed by atoms with Crippen LogP contribution in [0.25, 0.3) is 11.3 Å². The Labute approximate surface area is 288 Å². The van der Waals surface area contributed by atoms with E-state index in [1.807, 2.05) is 59.6 Å². The van der Waals surface area contributed by atoms with Gasteiger partial charge in [-0.15, -0.1) is 0 Å². The quantitative estimate of drug-likeness (QED) is 0.282. The summed E-state index contributed by atoms with van der Waals surface area (Å²) in [4.78, 5) is 46.7. The van der Waals surface area contributed by atoms with Crippen LogP contribution in [-0.4, -0.2) is 76.7 Å². The number of benzene rings is 2. The van der Waals surface area contributed by atoms with Crippen LogP contribution in [0.4, 0.5) is 4.79 Å². The number of H-pyrrole nitrogens is 1. The van der Waals surface area contributed by atoms with Crippen molar-refractivity contribution in [1.29, 1.82) is 0 Å². The van der Waals surface area contributed by atoms with E-state index < -0.39 is 12.2 Å². The van der Waals surface area contributed by atoms with Crippen LogP contribution < -0.4 is 11.0 Å². The number of imidazole rings is 1. The highest BCUT2D eigenvalue weighted by atomic mass is 79.9. The lowest BCUT2D eigenvalue weighted by molar-refractivity contribution is -0.142. The second-order valence-corrected chi connectivity index (χ2v) is 14.2. The van der Waals surface area contributed by atoms with Crippen LogP contribution in [0.15, 0.2) is 68.5 Å². The van der Waals surface area contributed by atoms with E-state index in [4.69, 9.17) is 4.74 Å². The van der Waals surface area contributed by atoms with Crippen molar-refractivity contribution in [2.45, 2.75) is 64.5 Å². The number of hydrogen-bond donors (Lipinski definition) is 2. The van der Waals surface area contributed by atoms with Crippen LogP contribution in [0.3, 0.4) is 0 Å². The lowest BCUT2D eigenvalue weighted by Gasteiger charge is -2.39. The Kier molecular flexibility index (Phi) is 11.8. The number of nitrogens with one attached hydrogen (secondary N) is 2. The Hall–Kier alpha value is -2.89. The molecule has 2 N–H and O–H groups in total. The Morgan fingerprint density at radius 1 is 0.848 bits per heavy atom. The van der Waals surface area contributed by atoms with Gasteiger partial charge in [-0.3, -0.25) is 9.36 Å². The van der Waals surface area contributed by atoms with Gasteiger partial charge in [0, 0.05) is 53.8 Å². The molecule has 46 heavy (non-hydrogen) atoms. The van der Waals surface area contributed by atoms with E-state index in [1.165, 1.54) is 12.8 Å². The number of hydrogen-bond acceptors (Lipinski definition) is 5. The molecule has 2 aromatic carbocycles. The number of likely N-dealkylation sites (tertiary alicyclic amines) is 2. The van der Waals surface area contributed by atoms with Crippen molar-refractivity contribution < 1.29 is 14.3 Å². The fraction of sp³-hybridized carbons (Fsp3) is 0.514. The maximum absolute atomic E-state index is 13.9. The zero-order valence-electron chi connectivity index (χ0n) is 25.4. The molecule has 3 aliphatic heterocycles. The molecule has 6 rings (SSSR count). The molecule has 2 amide bonds. The molecule has 3 aliphatic rings. The predicted molar refractivity (Wildman–Crippen MR) is 188 cm³/mol. The highest BCUT2D eigenvalue weighted by molar-refractivity contribution is 9.13. The summed E-state index contributed by atoms with van der Waals surface area (Å²) in [6, 6.07) is 15.6. The number of aromatic amines is 1. The van der Waals surface area contributed by atoms with E-state index in [0.717, 1.165) is 57.6 Å². The highest BCUT2D eigenvalue weighted by Gasteiger charge is 2.35. The van der Waals surface area contributed by atoms with E-state index in [1.54, 1.807) is 9.47 Å². The number of nitrogens with zero attached hydrogens (tertiary/aromatic N) is 3. The van der Waals surface area contributed by atoms with Gasteiger partial charge in [-0.05, 0) is 119 Å². The highest BCUT2D eigenvalue weighted by Crippen LogP contribution is 2.32. The van der Waals surface area contributed by atoms with Gasteiger partial charge in [0.15, 0.2) is 6.10 Å². The first-order valence-corrected chi connectivity index (χ1v) is 17.7. The summed E-state index contributed by atoms with van der Waals surface area (Å²) >= 11 is 7.08. The van der Waals surface area contributed by atoms with Gasteiger partial charge in [-0.25, -0.2) is 9.59 Å². The Balaban J connectivity index is 0.00000417. The lowest BCUT2D eigenvalue weighted by atomic mass is 9.79. The molecule has 0 aliphatic carbocycles. The molecule has 3 aromatic rings. The molecule has 9 nitrogen and oxygen atoms in total. The SMILES string of the molecule is C.O=C(O[C@H](Cc1ccc(Br)c(Br)c1)C(=O)N1CCC(C2CCNCC2)CC1)N1CCC(n2cc(-c3ccccc3)[nH]c2=O)CC1. The molecule has 3 fully saturated rings. The maximum atomic E-state index is 13.9. The number of rotatable bonds is 7. The summed E-state index contributed by atoms with van der Waals surface area (Å²) < 4.78 is 9.59. The summed E-state index contributed by atoms with van der Waals surface area (Å²) in [6.45, 7) is 4.47. The minimum atomic E-state index is -0.903. The van der Waals surface area contributed by atoms with Crippen molar-refractivity contribution in [2.24, 2.45) is 11.8 Å². The lowest BCUT2D eigenvalue weighted by Crippen LogP contribution is -2.49. The predicted octanol–water partition coefficient (Wildman–Crippen LogP) is 6.63. The van der Waals surface area contributed by atoms with Gasteiger partial charge in [0.1, 0.15) is 0 Å². The number of amides is 2. The van der Waals surface area contributed by atoms with Gasteiger partial charge in [0.25, 0.3) is 5.91 Å². The first-order chi connectivity index (χ1) is 21.9. The molecular weight excluding hydrogens is 714 g/mol. The number of aromatic nitrogens is 2. The zero-order valence-corrected chi connectivity index (χ0v) is 28.6. The average Bonchev–Trinajstić information content (AvgIpc) is 3.48. The minimum absolute atomic E-state index is 0. The van der Waals surface area contributed by atoms with Crippen molar-refractivity contribution in [1.82, 2.24) is 24.7 Å². The molecule has 0 radical (unpaired) electrons. The summed E-state index contributed by atoms with van der Waals surface area (Å²) in [5, 5.41) is 3.45. The first-order valence-electron chi connectivity index (χ1n) is 16.1. The summed E-state index contributed by atoms with van der Waals surface area (Å²) in [7, 11) is 0. The average molecular weight is 760 g/mol.